The van der Waals surface area contributed by atoms with Crippen molar-refractivity contribution in [1.82, 2.24) is 4.68 Å². The smallest absolute Gasteiger partial charge is 0.412 e. The molecule has 0 atom stereocenters. The van der Waals surface area contributed by atoms with Gasteiger partial charge in [0.05, 0.1) is 0 Å². The molecule has 1 aromatic heterocycles. The van der Waals surface area contributed by atoms with Crippen LogP contribution in [0.25, 0.3) is 11.4 Å². The van der Waals surface area contributed by atoms with E-state index < -0.39 is 0 Å². The highest BCUT2D eigenvalue weighted by atomic mass is 16.5. The first-order chi connectivity index (χ1) is 15.8. The van der Waals surface area contributed by atoms with Gasteiger partial charge in [-0.1, -0.05) is 77.5 Å². The number of para-hydroxylation sites is 4. The van der Waals surface area contributed by atoms with Crippen LogP contribution in [0.2, 0.25) is 0 Å². The van der Waals surface area contributed by atoms with E-state index in [0.717, 1.165) is 28.4 Å². The fraction of sp³-hybridized carbons (Fsp3) is 0.0357. The van der Waals surface area contributed by atoms with Crippen LogP contribution in [0.4, 0.5) is 0 Å². The average molecular weight is 420 g/mol. The molecule has 0 N–H and O–H groups in total. The summed E-state index contributed by atoms with van der Waals surface area (Å²) in [5.74, 6) is 2.91. The van der Waals surface area contributed by atoms with E-state index >= 15 is 0 Å². The summed E-state index contributed by atoms with van der Waals surface area (Å²) < 4.78 is 17.0. The Morgan fingerprint density at radius 3 is 1.59 bits per heavy atom. The molecular weight excluding hydrogens is 396 g/mol. The minimum atomic E-state index is 0.692. The van der Waals surface area contributed by atoms with Gasteiger partial charge < -0.3 is 9.47 Å². The summed E-state index contributed by atoms with van der Waals surface area (Å²) in [6.07, 6.45) is 0. The standard InChI is InChI=1S/C28H23N2O2/c1-22-27(31-25-18-10-4-11-19-25)29(23-14-6-2-7-15-23)30(24-16-8-3-9-17-24)28(22)32-26-20-12-5-13-21-26/h2-21H,1H3/q+1. The lowest BCUT2D eigenvalue weighted by atomic mass is 10.3. The fourth-order valence-corrected chi connectivity index (χ4v) is 3.63. The van der Waals surface area contributed by atoms with Crippen LogP contribution >= 0.6 is 0 Å². The van der Waals surface area contributed by atoms with Gasteiger partial charge in [-0.25, -0.2) is 0 Å². The summed E-state index contributed by atoms with van der Waals surface area (Å²) in [5, 5.41) is 0. The third-order valence-corrected chi connectivity index (χ3v) is 5.14. The summed E-state index contributed by atoms with van der Waals surface area (Å²) in [6, 6.07) is 39.9. The van der Waals surface area contributed by atoms with Crippen LogP contribution in [0.5, 0.6) is 23.3 Å². The summed E-state index contributed by atoms with van der Waals surface area (Å²) in [6.45, 7) is 2.02. The fourth-order valence-electron chi connectivity index (χ4n) is 3.63. The highest BCUT2D eigenvalue weighted by molar-refractivity contribution is 5.45. The van der Waals surface area contributed by atoms with Crippen LogP contribution in [0.15, 0.2) is 121 Å². The molecule has 5 aromatic rings. The van der Waals surface area contributed by atoms with Crippen LogP contribution in [-0.2, 0) is 0 Å². The summed E-state index contributed by atoms with van der Waals surface area (Å²) in [4.78, 5) is 0. The van der Waals surface area contributed by atoms with Gasteiger partial charge in [0.1, 0.15) is 22.7 Å². The van der Waals surface area contributed by atoms with Crippen LogP contribution in [-0.4, -0.2) is 4.68 Å². The molecule has 4 nitrogen and oxygen atoms in total. The SMILES string of the molecule is Cc1c(Oc2ccccc2)n(-c2ccccc2)[n+](-c2ccccc2)c1Oc1ccccc1. The van der Waals surface area contributed by atoms with Crippen molar-refractivity contribution in [2.45, 2.75) is 6.92 Å². The van der Waals surface area contributed by atoms with E-state index in [-0.39, 0.29) is 0 Å². The summed E-state index contributed by atoms with van der Waals surface area (Å²) in [5.41, 5.74) is 2.83. The zero-order chi connectivity index (χ0) is 21.8. The maximum Gasteiger partial charge on any atom is 0.412 e. The molecule has 0 spiro atoms. The first-order valence-electron chi connectivity index (χ1n) is 10.6. The highest BCUT2D eigenvalue weighted by Crippen LogP contribution is 2.35. The Kier molecular flexibility index (Phi) is 5.41. The quantitative estimate of drug-likeness (QED) is 0.288. The lowest BCUT2D eigenvalue weighted by Crippen LogP contribution is -2.40. The average Bonchev–Trinajstić information content (AvgIpc) is 3.12. The maximum absolute atomic E-state index is 6.44. The number of rotatable bonds is 6. The van der Waals surface area contributed by atoms with Crippen molar-refractivity contribution >= 4 is 0 Å². The molecular formula is C28H23N2O2+. The Morgan fingerprint density at radius 1 is 0.562 bits per heavy atom. The molecule has 0 bridgehead atoms. The molecule has 5 rings (SSSR count). The van der Waals surface area contributed by atoms with Gasteiger partial charge in [0.2, 0.25) is 5.69 Å². The largest absolute Gasteiger partial charge is 0.436 e. The van der Waals surface area contributed by atoms with Gasteiger partial charge in [0, 0.05) is 12.1 Å². The number of benzene rings is 4. The van der Waals surface area contributed by atoms with Crippen LogP contribution < -0.4 is 14.2 Å². The lowest BCUT2D eigenvalue weighted by Gasteiger charge is -2.08. The van der Waals surface area contributed by atoms with Gasteiger partial charge in [0.25, 0.3) is 5.88 Å². The molecule has 0 amide bonds. The first-order valence-corrected chi connectivity index (χ1v) is 10.6. The number of ether oxygens (including phenoxy) is 2. The number of hydrogen-bond acceptors (Lipinski definition) is 2. The van der Waals surface area contributed by atoms with Crippen LogP contribution in [0.1, 0.15) is 5.56 Å². The van der Waals surface area contributed by atoms with E-state index in [1.54, 1.807) is 0 Å². The normalized spacial score (nSPS) is 10.7. The Bertz CT molecular complexity index is 1200. The zero-order valence-corrected chi connectivity index (χ0v) is 17.8. The Balaban J connectivity index is 1.77. The van der Waals surface area contributed by atoms with Gasteiger partial charge in [-0.05, 0) is 48.0 Å². The number of hydrogen-bond donors (Lipinski definition) is 0. The number of aromatic nitrogens is 2. The lowest BCUT2D eigenvalue weighted by molar-refractivity contribution is -0.679. The third-order valence-electron chi connectivity index (χ3n) is 5.14. The minimum absolute atomic E-state index is 0.692. The second-order valence-corrected chi connectivity index (χ2v) is 7.36. The number of nitrogens with zero attached hydrogens (tertiary/aromatic N) is 2. The molecule has 0 aliphatic carbocycles. The third kappa shape index (κ3) is 3.86. The van der Waals surface area contributed by atoms with Crippen LogP contribution in [0.3, 0.4) is 0 Å². The van der Waals surface area contributed by atoms with Crippen molar-refractivity contribution in [3.63, 3.8) is 0 Å². The van der Waals surface area contributed by atoms with E-state index in [9.17, 15) is 0 Å². The van der Waals surface area contributed by atoms with E-state index in [1.165, 1.54) is 0 Å². The van der Waals surface area contributed by atoms with Gasteiger partial charge in [-0.2, -0.15) is 0 Å². The zero-order valence-electron chi connectivity index (χ0n) is 17.8. The topological polar surface area (TPSA) is 27.3 Å². The first kappa shape index (κ1) is 19.6. The van der Waals surface area contributed by atoms with Gasteiger partial charge in [-0.15, -0.1) is 0 Å². The minimum Gasteiger partial charge on any atom is -0.436 e. The van der Waals surface area contributed by atoms with Crippen molar-refractivity contribution in [1.29, 1.82) is 0 Å². The highest BCUT2D eigenvalue weighted by Gasteiger charge is 2.34. The Hall–Kier alpha value is -4.31. The monoisotopic (exact) mass is 419 g/mol. The van der Waals surface area contributed by atoms with Crippen molar-refractivity contribution in [3.8, 4) is 34.6 Å². The van der Waals surface area contributed by atoms with Crippen molar-refractivity contribution in [2.24, 2.45) is 0 Å². The van der Waals surface area contributed by atoms with E-state index in [2.05, 4.69) is 33.6 Å². The molecule has 0 aliphatic heterocycles. The van der Waals surface area contributed by atoms with Crippen molar-refractivity contribution in [3.05, 3.63) is 127 Å². The molecule has 0 radical (unpaired) electrons. The predicted octanol–water partition coefficient (Wildman–Crippen LogP) is 6.65. The molecule has 156 valence electrons. The van der Waals surface area contributed by atoms with Crippen LogP contribution in [0, 0.1) is 6.92 Å². The summed E-state index contributed by atoms with van der Waals surface area (Å²) >= 11 is 0. The van der Waals surface area contributed by atoms with Gasteiger partial charge >= 0.3 is 5.88 Å². The Morgan fingerprint density at radius 2 is 1.03 bits per heavy atom. The van der Waals surface area contributed by atoms with E-state index in [0.29, 0.717) is 11.8 Å². The molecule has 32 heavy (non-hydrogen) atoms. The predicted molar refractivity (Wildman–Crippen MR) is 125 cm³/mol. The molecule has 4 aromatic carbocycles. The second kappa shape index (κ2) is 8.82. The molecule has 0 aliphatic rings. The molecule has 4 heteroatoms. The molecule has 0 unspecified atom stereocenters. The second-order valence-electron chi connectivity index (χ2n) is 7.36. The maximum atomic E-state index is 6.44. The Labute approximate surface area is 187 Å². The van der Waals surface area contributed by atoms with E-state index in [1.807, 2.05) is 104 Å². The summed E-state index contributed by atoms with van der Waals surface area (Å²) in [7, 11) is 0. The molecule has 0 saturated heterocycles. The van der Waals surface area contributed by atoms with Gasteiger partial charge in [-0.3, -0.25) is 0 Å². The molecule has 0 fully saturated rings. The van der Waals surface area contributed by atoms with E-state index in [4.69, 9.17) is 9.47 Å². The molecule has 1 heterocycles. The van der Waals surface area contributed by atoms with Gasteiger partial charge in [0.15, 0.2) is 0 Å². The van der Waals surface area contributed by atoms with Crippen molar-refractivity contribution in [2.75, 3.05) is 0 Å². The molecule has 0 saturated carbocycles. The van der Waals surface area contributed by atoms with Crippen molar-refractivity contribution < 1.29 is 14.2 Å².